The van der Waals surface area contributed by atoms with E-state index in [1.807, 2.05) is 12.2 Å². The van der Waals surface area contributed by atoms with E-state index in [9.17, 15) is 4.79 Å². The quantitative estimate of drug-likeness (QED) is 0.544. The maximum absolute atomic E-state index is 10.7. The highest BCUT2D eigenvalue weighted by Crippen LogP contribution is 2.40. The summed E-state index contributed by atoms with van der Waals surface area (Å²) in [4.78, 5) is 10.7. The fourth-order valence-corrected chi connectivity index (χ4v) is 1.48. The third-order valence-electron chi connectivity index (χ3n) is 3.26. The van der Waals surface area contributed by atoms with Gasteiger partial charge in [0.25, 0.3) is 0 Å². The van der Waals surface area contributed by atoms with Gasteiger partial charge in [0.05, 0.1) is 0 Å². The molecular weight excluding hydrogens is 148 g/mol. The smallest absolute Gasteiger partial charge is 0.146 e. The minimum Gasteiger partial charge on any atom is -0.298 e. The first-order valence-electron chi connectivity index (χ1n) is 4.34. The van der Waals surface area contributed by atoms with Crippen LogP contribution in [0.4, 0.5) is 0 Å². The van der Waals surface area contributed by atoms with E-state index < -0.39 is 0 Å². The van der Waals surface area contributed by atoms with E-state index in [0.29, 0.717) is 5.92 Å². The van der Waals surface area contributed by atoms with Crippen LogP contribution in [0.15, 0.2) is 23.3 Å². The van der Waals surface area contributed by atoms with E-state index in [4.69, 9.17) is 0 Å². The lowest BCUT2D eigenvalue weighted by Gasteiger charge is -2.35. The van der Waals surface area contributed by atoms with Crippen LogP contribution in [-0.2, 0) is 4.79 Å². The Morgan fingerprint density at radius 3 is 2.50 bits per heavy atom. The predicted molar refractivity (Wildman–Crippen MR) is 50.8 cm³/mol. The first-order valence-corrected chi connectivity index (χ1v) is 4.34. The molecule has 0 aromatic heterocycles. The highest BCUT2D eigenvalue weighted by Gasteiger charge is 2.31. The second kappa shape index (κ2) is 2.89. The van der Waals surface area contributed by atoms with E-state index in [1.54, 1.807) is 0 Å². The summed E-state index contributed by atoms with van der Waals surface area (Å²) in [7, 11) is 0. The fourth-order valence-electron chi connectivity index (χ4n) is 1.48. The zero-order chi connectivity index (χ0) is 9.35. The molecule has 1 aliphatic carbocycles. The normalized spacial score (nSPS) is 27.5. The zero-order valence-electron chi connectivity index (χ0n) is 8.22. The monoisotopic (exact) mass is 164 g/mol. The third-order valence-corrected chi connectivity index (χ3v) is 3.26. The SMILES string of the molecule is CC1=CC=C(C=O)C(C)C1(C)C. The van der Waals surface area contributed by atoms with Gasteiger partial charge in [-0.05, 0) is 23.8 Å². The highest BCUT2D eigenvalue weighted by molar-refractivity contribution is 5.75. The summed E-state index contributed by atoms with van der Waals surface area (Å²) < 4.78 is 0. The van der Waals surface area contributed by atoms with Gasteiger partial charge >= 0.3 is 0 Å². The third kappa shape index (κ3) is 1.24. The van der Waals surface area contributed by atoms with Crippen LogP contribution in [-0.4, -0.2) is 6.29 Å². The van der Waals surface area contributed by atoms with Crippen molar-refractivity contribution in [1.82, 2.24) is 0 Å². The molecular formula is C11H16O. The molecule has 12 heavy (non-hydrogen) atoms. The summed E-state index contributed by atoms with van der Waals surface area (Å²) in [5.41, 5.74) is 2.39. The van der Waals surface area contributed by atoms with Crippen LogP contribution >= 0.6 is 0 Å². The van der Waals surface area contributed by atoms with Gasteiger partial charge < -0.3 is 0 Å². The average molecular weight is 164 g/mol. The molecule has 0 aliphatic heterocycles. The van der Waals surface area contributed by atoms with Crippen LogP contribution < -0.4 is 0 Å². The van der Waals surface area contributed by atoms with Gasteiger partial charge in [0.2, 0.25) is 0 Å². The molecule has 0 bridgehead atoms. The van der Waals surface area contributed by atoms with Crippen molar-refractivity contribution >= 4 is 6.29 Å². The molecule has 0 saturated carbocycles. The lowest BCUT2D eigenvalue weighted by atomic mass is 9.69. The molecule has 0 N–H and O–H groups in total. The molecule has 0 aromatic carbocycles. The predicted octanol–water partition coefficient (Wildman–Crippen LogP) is 2.73. The molecule has 0 radical (unpaired) electrons. The van der Waals surface area contributed by atoms with Crippen molar-refractivity contribution in [2.24, 2.45) is 11.3 Å². The van der Waals surface area contributed by atoms with Crippen molar-refractivity contribution in [2.75, 3.05) is 0 Å². The Morgan fingerprint density at radius 2 is 2.00 bits per heavy atom. The summed E-state index contributed by atoms with van der Waals surface area (Å²) in [6.07, 6.45) is 4.94. The maximum Gasteiger partial charge on any atom is 0.146 e. The Kier molecular flexibility index (Phi) is 2.22. The van der Waals surface area contributed by atoms with Crippen molar-refractivity contribution in [2.45, 2.75) is 27.7 Å². The van der Waals surface area contributed by atoms with E-state index in [1.165, 1.54) is 5.57 Å². The first kappa shape index (κ1) is 9.24. The minimum absolute atomic E-state index is 0.130. The van der Waals surface area contributed by atoms with Gasteiger partial charge in [-0.2, -0.15) is 0 Å². The lowest BCUT2D eigenvalue weighted by molar-refractivity contribution is -0.105. The Bertz CT molecular complexity index is 256. The number of hydrogen-bond acceptors (Lipinski definition) is 1. The van der Waals surface area contributed by atoms with Crippen molar-refractivity contribution in [1.29, 1.82) is 0 Å². The highest BCUT2D eigenvalue weighted by atomic mass is 16.1. The van der Waals surface area contributed by atoms with E-state index in [0.717, 1.165) is 11.9 Å². The Morgan fingerprint density at radius 1 is 1.42 bits per heavy atom. The summed E-state index contributed by atoms with van der Waals surface area (Å²) in [5.74, 6) is 0.333. The zero-order valence-corrected chi connectivity index (χ0v) is 8.22. The van der Waals surface area contributed by atoms with Gasteiger partial charge in [-0.25, -0.2) is 0 Å². The summed E-state index contributed by atoms with van der Waals surface area (Å²) in [5, 5.41) is 0. The number of hydrogen-bond donors (Lipinski definition) is 0. The van der Waals surface area contributed by atoms with Crippen LogP contribution in [0.2, 0.25) is 0 Å². The summed E-state index contributed by atoms with van der Waals surface area (Å²) in [6.45, 7) is 8.59. The second-order valence-electron chi connectivity index (χ2n) is 4.08. The summed E-state index contributed by atoms with van der Waals surface area (Å²) >= 11 is 0. The van der Waals surface area contributed by atoms with E-state index in [2.05, 4.69) is 27.7 Å². The Hall–Kier alpha value is -0.850. The van der Waals surface area contributed by atoms with Crippen LogP contribution in [0.3, 0.4) is 0 Å². The lowest BCUT2D eigenvalue weighted by Crippen LogP contribution is -2.27. The molecule has 0 fully saturated rings. The minimum atomic E-state index is 0.130. The number of rotatable bonds is 1. The largest absolute Gasteiger partial charge is 0.298 e. The number of carbonyl (C=O) groups excluding carboxylic acids is 1. The van der Waals surface area contributed by atoms with Crippen LogP contribution in [0.25, 0.3) is 0 Å². The van der Waals surface area contributed by atoms with Crippen molar-refractivity contribution in [3.63, 3.8) is 0 Å². The molecule has 0 spiro atoms. The molecule has 66 valence electrons. The molecule has 0 heterocycles. The van der Waals surface area contributed by atoms with Gasteiger partial charge in [-0.1, -0.05) is 38.5 Å². The Labute approximate surface area is 74.2 Å². The van der Waals surface area contributed by atoms with Crippen molar-refractivity contribution < 1.29 is 4.79 Å². The van der Waals surface area contributed by atoms with Crippen LogP contribution in [0, 0.1) is 11.3 Å². The van der Waals surface area contributed by atoms with Crippen molar-refractivity contribution in [3.8, 4) is 0 Å². The molecule has 1 heteroatoms. The van der Waals surface area contributed by atoms with Gasteiger partial charge in [0, 0.05) is 0 Å². The van der Waals surface area contributed by atoms with Crippen LogP contribution in [0.5, 0.6) is 0 Å². The molecule has 0 aromatic rings. The molecule has 0 saturated heterocycles. The topological polar surface area (TPSA) is 17.1 Å². The standard InChI is InChI=1S/C11H16O/c1-8-5-6-10(7-12)9(2)11(8,3)4/h5-7,9H,1-4H3. The summed E-state index contributed by atoms with van der Waals surface area (Å²) in [6, 6.07) is 0. The molecule has 1 unspecified atom stereocenters. The maximum atomic E-state index is 10.7. The van der Waals surface area contributed by atoms with Crippen molar-refractivity contribution in [3.05, 3.63) is 23.3 Å². The molecule has 0 amide bonds. The van der Waals surface area contributed by atoms with E-state index >= 15 is 0 Å². The molecule has 1 aliphatic rings. The number of allylic oxidation sites excluding steroid dienone is 4. The molecule has 1 nitrogen and oxygen atoms in total. The number of aldehydes is 1. The number of carbonyl (C=O) groups is 1. The van der Waals surface area contributed by atoms with Gasteiger partial charge in [-0.15, -0.1) is 0 Å². The molecule has 1 atom stereocenters. The van der Waals surface area contributed by atoms with Gasteiger partial charge in [0.15, 0.2) is 0 Å². The van der Waals surface area contributed by atoms with E-state index in [-0.39, 0.29) is 5.41 Å². The van der Waals surface area contributed by atoms with Gasteiger partial charge in [-0.3, -0.25) is 4.79 Å². The molecule has 1 rings (SSSR count). The van der Waals surface area contributed by atoms with Gasteiger partial charge in [0.1, 0.15) is 6.29 Å². The first-order chi connectivity index (χ1) is 5.50. The second-order valence-corrected chi connectivity index (χ2v) is 4.08. The Balaban J connectivity index is 3.08. The van der Waals surface area contributed by atoms with Crippen LogP contribution in [0.1, 0.15) is 27.7 Å². The average Bonchev–Trinajstić information content (AvgIpc) is 2.02. The fraction of sp³-hybridized carbons (Fsp3) is 0.545.